The topological polar surface area (TPSA) is 124 Å². The van der Waals surface area contributed by atoms with Crippen molar-refractivity contribution in [3.63, 3.8) is 0 Å². The van der Waals surface area contributed by atoms with Gasteiger partial charge < -0.3 is 24.4 Å². The molecule has 41 heavy (non-hydrogen) atoms. The molecule has 11 nitrogen and oxygen atoms in total. The molecule has 5 rings (SSSR count). The van der Waals surface area contributed by atoms with Crippen LogP contribution < -0.4 is 10.1 Å². The predicted molar refractivity (Wildman–Crippen MR) is 151 cm³/mol. The van der Waals surface area contributed by atoms with Crippen LogP contribution in [0.3, 0.4) is 0 Å². The highest BCUT2D eigenvalue weighted by atomic mass is 16.8. The summed E-state index contributed by atoms with van der Waals surface area (Å²) in [5.74, 6) is 1.23. The summed E-state index contributed by atoms with van der Waals surface area (Å²) in [5, 5.41) is 19.2. The van der Waals surface area contributed by atoms with Crippen molar-refractivity contribution < 1.29 is 23.8 Å². The van der Waals surface area contributed by atoms with E-state index in [0.29, 0.717) is 36.9 Å². The molecule has 2 fully saturated rings. The fourth-order valence-electron chi connectivity index (χ4n) is 4.89. The molecule has 0 radical (unpaired) electrons. The number of carbonyl (C=O) groups is 1. The lowest BCUT2D eigenvalue weighted by molar-refractivity contribution is -0.196. The third-order valence-corrected chi connectivity index (χ3v) is 6.84. The molecule has 2 saturated heterocycles. The van der Waals surface area contributed by atoms with Gasteiger partial charge in [-0.3, -0.25) is 0 Å². The normalized spacial score (nSPS) is 18.3. The lowest BCUT2D eigenvalue weighted by Crippen LogP contribution is -2.40. The number of benzene rings is 1. The maximum atomic E-state index is 12.3. The van der Waals surface area contributed by atoms with Gasteiger partial charge in [-0.15, -0.1) is 5.06 Å². The minimum Gasteiger partial charge on any atom is -0.489 e. The van der Waals surface area contributed by atoms with Crippen LogP contribution in [0.4, 0.5) is 16.3 Å². The van der Waals surface area contributed by atoms with Crippen molar-refractivity contribution in [3.05, 3.63) is 54.5 Å². The minimum absolute atomic E-state index is 0.0592. The molecular formula is C30H36N6O5. The summed E-state index contributed by atoms with van der Waals surface area (Å²) in [5.41, 5.74) is 2.40. The summed E-state index contributed by atoms with van der Waals surface area (Å²) in [6, 6.07) is 11.7. The zero-order chi connectivity index (χ0) is 28.8. The van der Waals surface area contributed by atoms with Gasteiger partial charge in [0.15, 0.2) is 0 Å². The number of nitrogens with zero attached hydrogens (tertiary/aromatic N) is 5. The van der Waals surface area contributed by atoms with Crippen molar-refractivity contribution in [3.8, 4) is 22.9 Å². The number of nitriles is 1. The number of aromatic nitrogens is 3. The highest BCUT2D eigenvalue weighted by molar-refractivity contribution is 5.70. The fraction of sp³-hybridized carbons (Fsp3) is 0.467. The number of ether oxygens (including phenoxy) is 3. The van der Waals surface area contributed by atoms with E-state index in [2.05, 4.69) is 21.5 Å². The summed E-state index contributed by atoms with van der Waals surface area (Å²) < 4.78 is 18.6. The van der Waals surface area contributed by atoms with Crippen molar-refractivity contribution in [2.75, 3.05) is 25.1 Å². The fourth-order valence-corrected chi connectivity index (χ4v) is 4.89. The molecule has 0 amide bonds. The van der Waals surface area contributed by atoms with Crippen LogP contribution in [0, 0.1) is 11.3 Å². The molecule has 2 aliphatic rings. The first-order valence-corrected chi connectivity index (χ1v) is 14.0. The number of pyridine rings is 1. The Morgan fingerprint density at radius 1 is 1.12 bits per heavy atom. The number of nitrogens with one attached hydrogen (secondary N) is 1. The third kappa shape index (κ3) is 7.54. The molecule has 1 aromatic carbocycles. The number of rotatable bonds is 7. The zero-order valence-electron chi connectivity index (χ0n) is 23.7. The number of piperidine rings is 1. The van der Waals surface area contributed by atoms with Crippen LogP contribution in [0.2, 0.25) is 0 Å². The summed E-state index contributed by atoms with van der Waals surface area (Å²) >= 11 is 0. The molecule has 216 valence electrons. The highest BCUT2D eigenvalue weighted by Gasteiger charge is 2.30. The van der Waals surface area contributed by atoms with Gasteiger partial charge in [0.2, 0.25) is 0 Å². The summed E-state index contributed by atoms with van der Waals surface area (Å²) in [7, 11) is 0. The average molecular weight is 561 g/mol. The zero-order valence-corrected chi connectivity index (χ0v) is 23.7. The van der Waals surface area contributed by atoms with E-state index in [0.717, 1.165) is 48.9 Å². The quantitative estimate of drug-likeness (QED) is 0.346. The molecular weight excluding hydrogens is 524 g/mol. The Bertz CT molecular complexity index is 1390. The molecule has 1 atom stereocenters. The summed E-state index contributed by atoms with van der Waals surface area (Å²) in [6.45, 7) is 7.36. The molecule has 0 spiro atoms. The van der Waals surface area contributed by atoms with Crippen molar-refractivity contribution in [2.45, 2.75) is 70.7 Å². The minimum atomic E-state index is -0.723. The predicted octanol–water partition coefficient (Wildman–Crippen LogP) is 5.97. The van der Waals surface area contributed by atoms with Crippen molar-refractivity contribution in [2.24, 2.45) is 0 Å². The average Bonchev–Trinajstić information content (AvgIpc) is 3.41. The Kier molecular flexibility index (Phi) is 8.71. The van der Waals surface area contributed by atoms with Crippen LogP contribution in [0.15, 0.2) is 48.9 Å². The van der Waals surface area contributed by atoms with E-state index >= 15 is 0 Å². The van der Waals surface area contributed by atoms with Gasteiger partial charge in [-0.1, -0.05) is 6.07 Å². The number of carbonyl (C=O) groups excluding carboxylic acids is 1. The Morgan fingerprint density at radius 3 is 2.71 bits per heavy atom. The molecule has 0 bridgehead atoms. The maximum Gasteiger partial charge on any atom is 0.528 e. The Balaban J connectivity index is 1.26. The first-order chi connectivity index (χ1) is 19.8. The first-order valence-electron chi connectivity index (χ1n) is 14.0. The van der Waals surface area contributed by atoms with E-state index in [-0.39, 0.29) is 12.3 Å². The summed E-state index contributed by atoms with van der Waals surface area (Å²) in [6.07, 6.45) is 8.73. The molecule has 1 N–H and O–H groups in total. The first kappa shape index (κ1) is 28.4. The lowest BCUT2D eigenvalue weighted by atomic mass is 10.0. The largest absolute Gasteiger partial charge is 0.528 e. The van der Waals surface area contributed by atoms with Gasteiger partial charge in [0, 0.05) is 25.6 Å². The standard InChI is InChI=1S/C30H36N6O5/c1-30(2,3)40-29(37)41-36-13-5-4-6-28(36)35-20-24(19-33-35)34-27-17-22(9-12-32-27)21-7-8-26(23(16-21)18-31)39-25-10-14-38-15-11-25/h7-9,12,16-17,19-20,25,28H,4-6,10-11,13-15H2,1-3H3,(H,32,34). The smallest absolute Gasteiger partial charge is 0.489 e. The van der Waals surface area contributed by atoms with E-state index in [1.165, 1.54) is 0 Å². The number of hydroxylamine groups is 2. The molecule has 11 heteroatoms. The van der Waals surface area contributed by atoms with Crippen LogP contribution in [-0.4, -0.2) is 57.4 Å². The van der Waals surface area contributed by atoms with Gasteiger partial charge >= 0.3 is 6.16 Å². The van der Waals surface area contributed by atoms with E-state index in [1.807, 2.05) is 36.5 Å². The molecule has 2 aliphatic heterocycles. The van der Waals surface area contributed by atoms with E-state index in [4.69, 9.17) is 19.0 Å². The van der Waals surface area contributed by atoms with Crippen LogP contribution >= 0.6 is 0 Å². The number of hydrogen-bond donors (Lipinski definition) is 1. The second-order valence-electron chi connectivity index (χ2n) is 11.2. The Labute approximate surface area is 239 Å². The van der Waals surface area contributed by atoms with E-state index < -0.39 is 11.8 Å². The third-order valence-electron chi connectivity index (χ3n) is 6.84. The van der Waals surface area contributed by atoms with Crippen LogP contribution in [0.25, 0.3) is 11.1 Å². The molecule has 1 unspecified atom stereocenters. The molecule has 2 aromatic heterocycles. The van der Waals surface area contributed by atoms with Crippen LogP contribution in [0.5, 0.6) is 5.75 Å². The van der Waals surface area contributed by atoms with Gasteiger partial charge in [0.25, 0.3) is 0 Å². The maximum absolute atomic E-state index is 12.3. The number of anilines is 2. The second-order valence-corrected chi connectivity index (χ2v) is 11.2. The van der Waals surface area contributed by atoms with E-state index in [9.17, 15) is 10.1 Å². The van der Waals surface area contributed by atoms with E-state index in [1.54, 1.807) is 42.9 Å². The van der Waals surface area contributed by atoms with Gasteiger partial charge in [0.1, 0.15) is 35.5 Å². The van der Waals surface area contributed by atoms with Gasteiger partial charge in [-0.05, 0) is 75.4 Å². The SMILES string of the molecule is CC(C)(C)OC(=O)ON1CCCCC1n1cc(Nc2cc(-c3ccc(OC4CCOCC4)c(C#N)c3)ccn2)cn1. The second kappa shape index (κ2) is 12.6. The van der Waals surface area contributed by atoms with Crippen LogP contribution in [0.1, 0.15) is 64.6 Å². The lowest BCUT2D eigenvalue weighted by Gasteiger charge is -2.33. The monoisotopic (exact) mass is 560 g/mol. The van der Waals surface area contributed by atoms with Crippen molar-refractivity contribution in [1.82, 2.24) is 19.8 Å². The van der Waals surface area contributed by atoms with Crippen LogP contribution in [-0.2, 0) is 14.3 Å². The molecule has 0 aliphatic carbocycles. The number of hydrogen-bond acceptors (Lipinski definition) is 10. The van der Waals surface area contributed by atoms with Gasteiger partial charge in [-0.2, -0.15) is 10.4 Å². The van der Waals surface area contributed by atoms with Gasteiger partial charge in [0.05, 0.1) is 36.9 Å². The highest BCUT2D eigenvalue weighted by Crippen LogP contribution is 2.31. The Hall–Kier alpha value is -4.14. The molecule has 0 saturated carbocycles. The molecule has 4 heterocycles. The molecule has 3 aromatic rings. The van der Waals surface area contributed by atoms with Gasteiger partial charge in [-0.25, -0.2) is 14.5 Å². The van der Waals surface area contributed by atoms with Crippen molar-refractivity contribution >= 4 is 17.7 Å². The summed E-state index contributed by atoms with van der Waals surface area (Å²) in [4.78, 5) is 22.3. The van der Waals surface area contributed by atoms with Crippen molar-refractivity contribution in [1.29, 1.82) is 5.26 Å². The Morgan fingerprint density at radius 2 is 1.93 bits per heavy atom.